The van der Waals surface area contributed by atoms with E-state index in [1.165, 1.54) is 18.2 Å². The Hall–Kier alpha value is -1.66. The minimum atomic E-state index is -1.11. The van der Waals surface area contributed by atoms with E-state index in [9.17, 15) is 19.1 Å². The maximum Gasteiger partial charge on any atom is 0.235 e. The normalized spacial score (nSPS) is 22.2. The van der Waals surface area contributed by atoms with Crippen LogP contribution in [0.5, 0.6) is 0 Å². The van der Waals surface area contributed by atoms with Crippen LogP contribution < -0.4 is 10.6 Å². The maximum atomic E-state index is 13.0. The minimum Gasteiger partial charge on any atom is -0.392 e. The van der Waals surface area contributed by atoms with Crippen molar-refractivity contribution in [3.8, 4) is 0 Å². The van der Waals surface area contributed by atoms with Gasteiger partial charge in [0.1, 0.15) is 11.7 Å². The van der Waals surface area contributed by atoms with Gasteiger partial charge in [0.2, 0.25) is 11.8 Å². The Balaban J connectivity index is 1.97. The summed E-state index contributed by atoms with van der Waals surface area (Å²) in [4.78, 5) is 23.5. The first-order valence-electron chi connectivity index (χ1n) is 6.16. The van der Waals surface area contributed by atoms with Crippen LogP contribution in [0.15, 0.2) is 18.2 Å². The van der Waals surface area contributed by atoms with E-state index >= 15 is 0 Å². The molecule has 0 spiro atoms. The zero-order valence-corrected chi connectivity index (χ0v) is 11.3. The largest absolute Gasteiger partial charge is 0.392 e. The molecule has 5 nitrogen and oxygen atoms in total. The summed E-state index contributed by atoms with van der Waals surface area (Å²) in [6, 6.07) is 4.08. The number of carbonyl (C=O) groups excluding carboxylic acids is 2. The van der Waals surface area contributed by atoms with Crippen LogP contribution in [0, 0.1) is 11.7 Å². The summed E-state index contributed by atoms with van der Waals surface area (Å²) < 4.78 is 13.0. The molecule has 2 rings (SSSR count). The zero-order valence-electron chi connectivity index (χ0n) is 10.5. The summed E-state index contributed by atoms with van der Waals surface area (Å²) >= 11 is 5.63. The summed E-state index contributed by atoms with van der Waals surface area (Å²) in [7, 11) is 0. The molecule has 0 saturated carbocycles. The third kappa shape index (κ3) is 3.26. The van der Waals surface area contributed by atoms with Gasteiger partial charge in [0.25, 0.3) is 0 Å². The number of aliphatic hydroxyl groups is 1. The van der Waals surface area contributed by atoms with E-state index in [4.69, 9.17) is 11.6 Å². The molecule has 1 aromatic rings. The van der Waals surface area contributed by atoms with E-state index in [1.807, 2.05) is 0 Å². The van der Waals surface area contributed by atoms with Gasteiger partial charge in [-0.25, -0.2) is 4.39 Å². The summed E-state index contributed by atoms with van der Waals surface area (Å²) in [5.74, 6) is -2.70. The summed E-state index contributed by atoms with van der Waals surface area (Å²) in [6.45, 7) is 0.465. The fourth-order valence-corrected chi connectivity index (χ4v) is 2.24. The Morgan fingerprint density at radius 2 is 2.30 bits per heavy atom. The first-order chi connectivity index (χ1) is 9.49. The first-order valence-corrected chi connectivity index (χ1v) is 6.54. The lowest BCUT2D eigenvalue weighted by Gasteiger charge is -2.26. The van der Waals surface area contributed by atoms with Crippen molar-refractivity contribution >= 4 is 23.4 Å². The fraction of sp³-hybridized carbons (Fsp3) is 0.385. The molecule has 2 atom stereocenters. The molecule has 1 heterocycles. The average Bonchev–Trinajstić information content (AvgIpc) is 2.40. The van der Waals surface area contributed by atoms with Crippen molar-refractivity contribution in [1.82, 2.24) is 10.6 Å². The van der Waals surface area contributed by atoms with Gasteiger partial charge in [0, 0.05) is 13.1 Å². The quantitative estimate of drug-likeness (QED) is 0.715. The van der Waals surface area contributed by atoms with Crippen LogP contribution in [0.2, 0.25) is 5.02 Å². The van der Waals surface area contributed by atoms with Crippen LogP contribution in [-0.4, -0.2) is 29.6 Å². The highest BCUT2D eigenvalue weighted by Crippen LogP contribution is 2.17. The smallest absolute Gasteiger partial charge is 0.235 e. The van der Waals surface area contributed by atoms with Gasteiger partial charge in [-0.15, -0.1) is 0 Å². The molecule has 0 bridgehead atoms. The third-order valence-corrected chi connectivity index (χ3v) is 3.43. The lowest BCUT2D eigenvalue weighted by atomic mass is 9.94. The molecular weight excluding hydrogens is 287 g/mol. The molecule has 0 aliphatic carbocycles. The van der Waals surface area contributed by atoms with Crippen molar-refractivity contribution in [3.63, 3.8) is 0 Å². The van der Waals surface area contributed by atoms with Crippen LogP contribution in [0.4, 0.5) is 4.39 Å². The molecule has 7 heteroatoms. The van der Waals surface area contributed by atoms with Crippen molar-refractivity contribution in [2.24, 2.45) is 5.92 Å². The maximum absolute atomic E-state index is 13.0. The number of rotatable bonds is 3. The topological polar surface area (TPSA) is 78.4 Å². The highest BCUT2D eigenvalue weighted by atomic mass is 35.5. The van der Waals surface area contributed by atoms with Gasteiger partial charge in [0.05, 0.1) is 11.1 Å². The number of benzene rings is 1. The lowest BCUT2D eigenvalue weighted by Crippen LogP contribution is -2.51. The van der Waals surface area contributed by atoms with Crippen molar-refractivity contribution in [1.29, 1.82) is 0 Å². The molecule has 1 aliphatic heterocycles. The number of halogens is 2. The predicted octanol–water partition coefficient (Wildman–Crippen LogP) is 0.592. The van der Waals surface area contributed by atoms with E-state index in [2.05, 4.69) is 10.6 Å². The number of hydrogen-bond donors (Lipinski definition) is 3. The van der Waals surface area contributed by atoms with Crippen LogP contribution in [0.1, 0.15) is 12.0 Å². The van der Waals surface area contributed by atoms with E-state index < -0.39 is 29.7 Å². The number of aliphatic hydroxyl groups excluding tert-OH is 1. The van der Waals surface area contributed by atoms with Crippen molar-refractivity contribution in [2.45, 2.75) is 19.1 Å². The molecule has 20 heavy (non-hydrogen) atoms. The molecule has 0 aromatic heterocycles. The minimum absolute atomic E-state index is 0.0350. The number of carbonyl (C=O) groups is 2. The van der Waals surface area contributed by atoms with Gasteiger partial charge in [-0.1, -0.05) is 17.7 Å². The molecule has 0 radical (unpaired) electrons. The van der Waals surface area contributed by atoms with Gasteiger partial charge in [-0.2, -0.15) is 0 Å². The Bertz CT molecular complexity index is 538. The molecule has 108 valence electrons. The Morgan fingerprint density at radius 3 is 2.95 bits per heavy atom. The van der Waals surface area contributed by atoms with E-state index in [0.717, 1.165) is 0 Å². The monoisotopic (exact) mass is 300 g/mol. The fourth-order valence-electron chi connectivity index (χ4n) is 2.04. The van der Waals surface area contributed by atoms with Gasteiger partial charge in [-0.3, -0.25) is 9.59 Å². The zero-order chi connectivity index (χ0) is 14.7. The number of hydrogen-bond acceptors (Lipinski definition) is 3. The summed E-state index contributed by atoms with van der Waals surface area (Å²) in [5.41, 5.74) is 0.607. The molecule has 1 aliphatic rings. The number of amides is 2. The molecule has 3 N–H and O–H groups in total. The molecular formula is C13H14ClFN2O3. The second-order valence-electron chi connectivity index (χ2n) is 4.59. The van der Waals surface area contributed by atoms with Gasteiger partial charge >= 0.3 is 0 Å². The Labute approximate surface area is 120 Å². The highest BCUT2D eigenvalue weighted by molar-refractivity contribution is 6.30. The van der Waals surface area contributed by atoms with Crippen LogP contribution in [0.25, 0.3) is 0 Å². The average molecular weight is 301 g/mol. The standard InChI is InChI=1S/C13H14ClFN2O3/c14-8-5-7(1-2-9(8)15)6-17-13(20)11-10(18)3-4-16-12(11)19/h1-2,5,10-11,18H,3-4,6H2,(H,16,19)(H,17,20). The number of piperidine rings is 1. The molecule has 2 amide bonds. The molecule has 1 saturated heterocycles. The Kier molecular flexibility index (Phi) is 4.57. The van der Waals surface area contributed by atoms with Crippen LogP contribution in [-0.2, 0) is 16.1 Å². The third-order valence-electron chi connectivity index (χ3n) is 3.14. The van der Waals surface area contributed by atoms with E-state index in [-0.39, 0.29) is 11.6 Å². The van der Waals surface area contributed by atoms with Crippen LogP contribution in [0.3, 0.4) is 0 Å². The van der Waals surface area contributed by atoms with Gasteiger partial charge in [0.15, 0.2) is 0 Å². The van der Waals surface area contributed by atoms with Crippen molar-refractivity contribution in [2.75, 3.05) is 6.54 Å². The second-order valence-corrected chi connectivity index (χ2v) is 5.00. The molecule has 1 aromatic carbocycles. The SMILES string of the molecule is O=C1NCCC(O)C1C(=O)NCc1ccc(F)c(Cl)c1. The lowest BCUT2D eigenvalue weighted by molar-refractivity contribution is -0.142. The number of nitrogens with one attached hydrogen (secondary N) is 2. The van der Waals surface area contributed by atoms with Gasteiger partial charge in [-0.05, 0) is 24.1 Å². The van der Waals surface area contributed by atoms with Crippen LogP contribution >= 0.6 is 11.6 Å². The first kappa shape index (κ1) is 14.7. The van der Waals surface area contributed by atoms with Crippen molar-refractivity contribution < 1.29 is 19.1 Å². The molecule has 1 fully saturated rings. The van der Waals surface area contributed by atoms with E-state index in [0.29, 0.717) is 18.5 Å². The molecule has 2 unspecified atom stereocenters. The highest BCUT2D eigenvalue weighted by Gasteiger charge is 2.36. The Morgan fingerprint density at radius 1 is 1.55 bits per heavy atom. The predicted molar refractivity (Wildman–Crippen MR) is 70.4 cm³/mol. The van der Waals surface area contributed by atoms with Gasteiger partial charge < -0.3 is 15.7 Å². The second kappa shape index (κ2) is 6.19. The van der Waals surface area contributed by atoms with E-state index in [1.54, 1.807) is 0 Å². The summed E-state index contributed by atoms with van der Waals surface area (Å²) in [5, 5.41) is 14.7. The summed E-state index contributed by atoms with van der Waals surface area (Å²) in [6.07, 6.45) is -0.646. The van der Waals surface area contributed by atoms with Crippen molar-refractivity contribution in [3.05, 3.63) is 34.6 Å².